The molecule has 0 radical (unpaired) electrons. The van der Waals surface area contributed by atoms with Gasteiger partial charge in [0.25, 0.3) is 0 Å². The smallest absolute Gasteiger partial charge is 0.233 e. The minimum absolute atomic E-state index is 0.0180. The maximum atomic E-state index is 12.7. The van der Waals surface area contributed by atoms with E-state index in [1.165, 1.54) is 0 Å². The molecule has 1 amide bonds. The summed E-state index contributed by atoms with van der Waals surface area (Å²) in [6, 6.07) is 19.9. The first kappa shape index (κ1) is 16.6. The van der Waals surface area contributed by atoms with E-state index in [0.29, 0.717) is 34.9 Å². The highest BCUT2D eigenvalue weighted by Crippen LogP contribution is 2.32. The number of amides is 1. The summed E-state index contributed by atoms with van der Waals surface area (Å²) in [7, 11) is 0. The molecule has 130 valence electrons. The van der Waals surface area contributed by atoms with E-state index in [2.05, 4.69) is 5.32 Å². The molecule has 3 aromatic rings. The van der Waals surface area contributed by atoms with Gasteiger partial charge in [-0.05, 0) is 42.8 Å². The fourth-order valence-corrected chi connectivity index (χ4v) is 3.53. The number of anilines is 1. The number of ketones is 1. The van der Waals surface area contributed by atoms with Crippen LogP contribution in [0.4, 0.5) is 5.69 Å². The number of fused-ring (bicyclic) bond motifs is 1. The van der Waals surface area contributed by atoms with Crippen LogP contribution in [0.15, 0.2) is 66.7 Å². The standard InChI is InChI=1S/C21H17ClN2O2/c22-15-6-8-16(9-7-15)23-21(26)17-12-13-24-18(17)10-11-19(24)20(25)14-4-2-1-3-5-14/h1-11,17H,12-13H2,(H,23,26). The summed E-state index contributed by atoms with van der Waals surface area (Å²) in [5.74, 6) is -0.346. The molecule has 0 saturated heterocycles. The van der Waals surface area contributed by atoms with Gasteiger partial charge < -0.3 is 9.88 Å². The molecule has 1 N–H and O–H groups in total. The molecule has 5 heteroatoms. The summed E-state index contributed by atoms with van der Waals surface area (Å²) < 4.78 is 1.96. The summed E-state index contributed by atoms with van der Waals surface area (Å²) in [6.07, 6.45) is 0.685. The third kappa shape index (κ3) is 3.04. The number of aromatic nitrogens is 1. The van der Waals surface area contributed by atoms with E-state index in [4.69, 9.17) is 11.6 Å². The monoisotopic (exact) mass is 364 g/mol. The second-order valence-electron chi connectivity index (χ2n) is 6.33. The lowest BCUT2D eigenvalue weighted by molar-refractivity contribution is -0.117. The van der Waals surface area contributed by atoms with E-state index >= 15 is 0 Å². The molecular weight excluding hydrogens is 348 g/mol. The number of carbonyl (C=O) groups excluding carboxylic acids is 2. The van der Waals surface area contributed by atoms with Crippen LogP contribution in [-0.2, 0) is 11.3 Å². The van der Waals surface area contributed by atoms with Crippen molar-refractivity contribution in [2.75, 3.05) is 5.32 Å². The van der Waals surface area contributed by atoms with Gasteiger partial charge in [0.15, 0.2) is 0 Å². The van der Waals surface area contributed by atoms with Crippen LogP contribution >= 0.6 is 11.6 Å². The topological polar surface area (TPSA) is 51.1 Å². The molecule has 1 aliphatic rings. The van der Waals surface area contributed by atoms with E-state index in [1.54, 1.807) is 24.3 Å². The summed E-state index contributed by atoms with van der Waals surface area (Å²) >= 11 is 5.88. The van der Waals surface area contributed by atoms with Crippen molar-refractivity contribution >= 4 is 29.0 Å². The van der Waals surface area contributed by atoms with E-state index in [-0.39, 0.29) is 17.6 Å². The number of benzene rings is 2. The minimum atomic E-state index is -0.261. The van der Waals surface area contributed by atoms with Crippen molar-refractivity contribution < 1.29 is 9.59 Å². The summed E-state index contributed by atoms with van der Waals surface area (Å²) in [6.45, 7) is 0.662. The Bertz CT molecular complexity index is 961. The Labute approximate surface area is 156 Å². The highest BCUT2D eigenvalue weighted by Gasteiger charge is 2.31. The van der Waals surface area contributed by atoms with E-state index in [0.717, 1.165) is 5.69 Å². The molecule has 2 heterocycles. The van der Waals surface area contributed by atoms with Gasteiger partial charge in [0.05, 0.1) is 11.6 Å². The first-order chi connectivity index (χ1) is 12.6. The first-order valence-corrected chi connectivity index (χ1v) is 8.87. The van der Waals surface area contributed by atoms with Gasteiger partial charge in [0, 0.05) is 28.5 Å². The lowest BCUT2D eigenvalue weighted by Gasteiger charge is -2.11. The van der Waals surface area contributed by atoms with Crippen LogP contribution < -0.4 is 5.32 Å². The molecule has 0 spiro atoms. The van der Waals surface area contributed by atoms with Crippen molar-refractivity contribution in [1.29, 1.82) is 0 Å². The van der Waals surface area contributed by atoms with Crippen molar-refractivity contribution in [2.24, 2.45) is 0 Å². The van der Waals surface area contributed by atoms with Crippen LogP contribution in [0.2, 0.25) is 5.02 Å². The van der Waals surface area contributed by atoms with Gasteiger partial charge in [0.1, 0.15) is 0 Å². The third-order valence-electron chi connectivity index (χ3n) is 4.71. The van der Waals surface area contributed by atoms with Crippen molar-refractivity contribution in [3.63, 3.8) is 0 Å². The van der Waals surface area contributed by atoms with Crippen LogP contribution in [0.25, 0.3) is 0 Å². The summed E-state index contributed by atoms with van der Waals surface area (Å²) in [5, 5.41) is 3.55. The SMILES string of the molecule is O=C(c1ccccc1)c1ccc2n1CCC2C(=O)Nc1ccc(Cl)cc1. The van der Waals surface area contributed by atoms with Crippen LogP contribution in [0.1, 0.15) is 34.1 Å². The van der Waals surface area contributed by atoms with Crippen molar-refractivity contribution in [2.45, 2.75) is 18.9 Å². The third-order valence-corrected chi connectivity index (χ3v) is 4.96. The van der Waals surface area contributed by atoms with Gasteiger partial charge in [0.2, 0.25) is 11.7 Å². The van der Waals surface area contributed by atoms with Crippen LogP contribution in [-0.4, -0.2) is 16.3 Å². The molecule has 1 atom stereocenters. The van der Waals surface area contributed by atoms with Gasteiger partial charge in [-0.2, -0.15) is 0 Å². The second kappa shape index (κ2) is 6.81. The van der Waals surface area contributed by atoms with Gasteiger partial charge in [-0.15, -0.1) is 0 Å². The van der Waals surface area contributed by atoms with Crippen molar-refractivity contribution in [3.05, 3.63) is 88.7 Å². The Balaban J connectivity index is 1.55. The first-order valence-electron chi connectivity index (χ1n) is 8.49. The summed E-state index contributed by atoms with van der Waals surface area (Å²) in [5.41, 5.74) is 2.89. The van der Waals surface area contributed by atoms with E-state index in [1.807, 2.05) is 47.0 Å². The quantitative estimate of drug-likeness (QED) is 0.693. The fraction of sp³-hybridized carbons (Fsp3) is 0.143. The maximum Gasteiger partial charge on any atom is 0.233 e. The zero-order valence-electron chi connectivity index (χ0n) is 14.0. The number of nitrogens with one attached hydrogen (secondary N) is 1. The Morgan fingerprint density at radius 2 is 1.69 bits per heavy atom. The largest absolute Gasteiger partial charge is 0.341 e. The van der Waals surface area contributed by atoms with Gasteiger partial charge >= 0.3 is 0 Å². The van der Waals surface area contributed by atoms with Gasteiger partial charge in [-0.3, -0.25) is 9.59 Å². The second-order valence-corrected chi connectivity index (χ2v) is 6.76. The highest BCUT2D eigenvalue weighted by molar-refractivity contribution is 6.30. The van der Waals surface area contributed by atoms with E-state index in [9.17, 15) is 9.59 Å². The average molecular weight is 365 g/mol. The molecule has 1 unspecified atom stereocenters. The van der Waals surface area contributed by atoms with Crippen molar-refractivity contribution in [3.8, 4) is 0 Å². The average Bonchev–Trinajstić information content (AvgIpc) is 3.26. The number of rotatable bonds is 4. The number of hydrogen-bond donors (Lipinski definition) is 1. The number of nitrogens with zero attached hydrogens (tertiary/aromatic N) is 1. The Morgan fingerprint density at radius 3 is 2.42 bits per heavy atom. The zero-order valence-corrected chi connectivity index (χ0v) is 14.7. The molecule has 1 aliphatic heterocycles. The molecule has 0 saturated carbocycles. The van der Waals surface area contributed by atoms with Gasteiger partial charge in [-0.1, -0.05) is 41.9 Å². The number of carbonyl (C=O) groups is 2. The lowest BCUT2D eigenvalue weighted by atomic mass is 10.0. The van der Waals surface area contributed by atoms with Crippen molar-refractivity contribution in [1.82, 2.24) is 4.57 Å². The molecule has 26 heavy (non-hydrogen) atoms. The predicted octanol–water partition coefficient (Wildman–Crippen LogP) is 4.50. The Morgan fingerprint density at radius 1 is 0.962 bits per heavy atom. The fourth-order valence-electron chi connectivity index (χ4n) is 3.41. The van der Waals surface area contributed by atoms with Gasteiger partial charge in [-0.25, -0.2) is 0 Å². The zero-order chi connectivity index (χ0) is 18.1. The molecule has 0 fully saturated rings. The van der Waals surface area contributed by atoms with E-state index < -0.39 is 0 Å². The maximum absolute atomic E-state index is 12.7. The molecule has 1 aromatic heterocycles. The summed E-state index contributed by atoms with van der Waals surface area (Å²) in [4.78, 5) is 25.4. The number of hydrogen-bond acceptors (Lipinski definition) is 2. The normalized spacial score (nSPS) is 15.5. The highest BCUT2D eigenvalue weighted by atomic mass is 35.5. The Kier molecular flexibility index (Phi) is 4.35. The molecule has 4 nitrogen and oxygen atoms in total. The molecule has 2 aromatic carbocycles. The molecule has 0 aliphatic carbocycles. The molecule has 0 bridgehead atoms. The van der Waals surface area contributed by atoms with Crippen LogP contribution in [0.3, 0.4) is 0 Å². The Hall–Kier alpha value is -2.85. The van der Waals surface area contributed by atoms with Crippen LogP contribution in [0.5, 0.6) is 0 Å². The molecular formula is C21H17ClN2O2. The lowest BCUT2D eigenvalue weighted by Crippen LogP contribution is -2.19. The molecule has 4 rings (SSSR count). The van der Waals surface area contributed by atoms with Crippen LogP contribution in [0, 0.1) is 0 Å². The minimum Gasteiger partial charge on any atom is -0.341 e. The predicted molar refractivity (Wildman–Crippen MR) is 102 cm³/mol. The number of halogens is 1.